The highest BCUT2D eigenvalue weighted by molar-refractivity contribution is 7.89. The van der Waals surface area contributed by atoms with Crippen molar-refractivity contribution >= 4 is 38.9 Å². The van der Waals surface area contributed by atoms with Gasteiger partial charge in [0.15, 0.2) is 0 Å². The Morgan fingerprint density at radius 3 is 2.61 bits per heavy atom. The van der Waals surface area contributed by atoms with Gasteiger partial charge in [-0.25, -0.2) is 13.1 Å². The van der Waals surface area contributed by atoms with Crippen LogP contribution >= 0.6 is 23.2 Å². The minimum absolute atomic E-state index is 0.210. The molecule has 1 aliphatic carbocycles. The summed E-state index contributed by atoms with van der Waals surface area (Å²) < 4.78 is 28.0. The molecule has 0 spiro atoms. The quantitative estimate of drug-likeness (QED) is 0.638. The molecule has 0 saturated heterocycles. The van der Waals surface area contributed by atoms with Crippen molar-refractivity contribution in [2.45, 2.75) is 42.0 Å². The molecule has 2 N–H and O–H groups in total. The van der Waals surface area contributed by atoms with E-state index in [0.29, 0.717) is 23.0 Å². The lowest BCUT2D eigenvalue weighted by Crippen LogP contribution is -2.45. The lowest BCUT2D eigenvalue weighted by atomic mass is 9.63. The molecule has 0 radical (unpaired) electrons. The molecule has 2 aliphatic rings. The number of hydrogen-bond acceptors (Lipinski definition) is 3. The van der Waals surface area contributed by atoms with Gasteiger partial charge in [0.25, 0.3) is 0 Å². The normalized spacial score (nSPS) is 23.8. The largest absolute Gasteiger partial charge is 0.381 e. The second-order valence-electron chi connectivity index (χ2n) is 7.46. The maximum atomic E-state index is 12.6. The predicted octanol–water partition coefficient (Wildman–Crippen LogP) is 5.13. The van der Waals surface area contributed by atoms with Crippen LogP contribution in [0.15, 0.2) is 59.5 Å². The van der Waals surface area contributed by atoms with Crippen molar-refractivity contribution in [2.75, 3.05) is 11.9 Å². The molecule has 4 nitrogen and oxygen atoms in total. The molecule has 7 heteroatoms. The Labute approximate surface area is 176 Å². The number of hydrogen-bond donors (Lipinski definition) is 2. The van der Waals surface area contributed by atoms with E-state index in [1.807, 2.05) is 18.2 Å². The van der Waals surface area contributed by atoms with Gasteiger partial charge in [-0.1, -0.05) is 35.4 Å². The van der Waals surface area contributed by atoms with Crippen molar-refractivity contribution in [3.05, 3.63) is 70.2 Å². The molecule has 2 aromatic rings. The molecule has 0 aromatic heterocycles. The van der Waals surface area contributed by atoms with Gasteiger partial charge in [0, 0.05) is 33.7 Å². The number of rotatable bonds is 5. The minimum Gasteiger partial charge on any atom is -0.381 e. The van der Waals surface area contributed by atoms with Crippen LogP contribution in [0.2, 0.25) is 10.0 Å². The first kappa shape index (κ1) is 19.8. The van der Waals surface area contributed by atoms with Crippen molar-refractivity contribution in [1.82, 2.24) is 4.72 Å². The van der Waals surface area contributed by atoms with Gasteiger partial charge in [0.2, 0.25) is 10.0 Å². The van der Waals surface area contributed by atoms with E-state index >= 15 is 0 Å². The topological polar surface area (TPSA) is 58.2 Å². The smallest absolute Gasteiger partial charge is 0.240 e. The summed E-state index contributed by atoms with van der Waals surface area (Å²) in [4.78, 5) is 0.210. The molecule has 1 saturated carbocycles. The summed E-state index contributed by atoms with van der Waals surface area (Å²) >= 11 is 12.1. The van der Waals surface area contributed by atoms with Gasteiger partial charge < -0.3 is 5.32 Å². The van der Waals surface area contributed by atoms with Crippen LogP contribution in [0.25, 0.3) is 0 Å². The van der Waals surface area contributed by atoms with E-state index < -0.39 is 10.0 Å². The first-order chi connectivity index (χ1) is 13.3. The Balaban J connectivity index is 1.59. The Morgan fingerprint density at radius 1 is 1.14 bits per heavy atom. The van der Waals surface area contributed by atoms with E-state index in [0.717, 1.165) is 36.1 Å². The number of benzene rings is 2. The monoisotopic (exact) mass is 436 g/mol. The molecule has 2 unspecified atom stereocenters. The zero-order valence-electron chi connectivity index (χ0n) is 15.3. The Kier molecular flexibility index (Phi) is 5.21. The van der Waals surface area contributed by atoms with Crippen molar-refractivity contribution in [1.29, 1.82) is 0 Å². The fraction of sp³-hybridized carbons (Fsp3) is 0.333. The second-order valence-corrected chi connectivity index (χ2v) is 10.1. The van der Waals surface area contributed by atoms with Crippen molar-refractivity contribution in [3.8, 4) is 0 Å². The maximum Gasteiger partial charge on any atom is 0.240 e. The molecule has 2 atom stereocenters. The average Bonchev–Trinajstić information content (AvgIpc) is 2.97. The van der Waals surface area contributed by atoms with Crippen LogP contribution < -0.4 is 10.0 Å². The molecule has 0 bridgehead atoms. The zero-order chi connectivity index (χ0) is 19.9. The van der Waals surface area contributed by atoms with Gasteiger partial charge in [0.1, 0.15) is 0 Å². The molecule has 28 heavy (non-hydrogen) atoms. The SMILES string of the molecule is C=C1CCCC2Nc3ccc(Cl)cc3C12CCNS(=O)(=O)c1ccc(Cl)cc1. The lowest BCUT2D eigenvalue weighted by molar-refractivity contribution is 0.344. The summed E-state index contributed by atoms with van der Waals surface area (Å²) in [6.45, 7) is 4.68. The first-order valence-corrected chi connectivity index (χ1v) is 11.6. The summed E-state index contributed by atoms with van der Waals surface area (Å²) in [6, 6.07) is 12.3. The first-order valence-electron chi connectivity index (χ1n) is 9.33. The van der Waals surface area contributed by atoms with Crippen LogP contribution in [0.5, 0.6) is 0 Å². The zero-order valence-corrected chi connectivity index (χ0v) is 17.7. The third-order valence-electron chi connectivity index (χ3n) is 5.92. The summed E-state index contributed by atoms with van der Waals surface area (Å²) in [5.41, 5.74) is 3.03. The third kappa shape index (κ3) is 3.35. The van der Waals surface area contributed by atoms with Crippen LogP contribution in [0.1, 0.15) is 31.2 Å². The van der Waals surface area contributed by atoms with E-state index in [-0.39, 0.29) is 16.4 Å². The maximum absolute atomic E-state index is 12.6. The molecule has 0 amide bonds. The highest BCUT2D eigenvalue weighted by atomic mass is 35.5. The Hall–Kier alpha value is -1.53. The number of fused-ring (bicyclic) bond motifs is 3. The fourth-order valence-electron chi connectivity index (χ4n) is 4.57. The van der Waals surface area contributed by atoms with Gasteiger partial charge in [-0.3, -0.25) is 0 Å². The van der Waals surface area contributed by atoms with E-state index in [2.05, 4.69) is 16.6 Å². The number of sulfonamides is 1. The van der Waals surface area contributed by atoms with Crippen LogP contribution in [-0.2, 0) is 15.4 Å². The number of halogens is 2. The van der Waals surface area contributed by atoms with E-state index in [1.165, 1.54) is 12.1 Å². The van der Waals surface area contributed by atoms with E-state index in [4.69, 9.17) is 23.2 Å². The Morgan fingerprint density at radius 2 is 1.86 bits per heavy atom. The van der Waals surface area contributed by atoms with Gasteiger partial charge in [-0.15, -0.1) is 0 Å². The molecule has 4 rings (SSSR count). The highest BCUT2D eigenvalue weighted by Crippen LogP contribution is 2.53. The standard InChI is InChI=1S/C21H22Cl2N2O2S/c1-14-3-2-4-20-21(14,18-13-16(23)7-10-19(18)25-20)11-12-24-28(26,27)17-8-5-15(22)6-9-17/h5-10,13,20,24-25H,1-4,11-12H2. The number of anilines is 1. The highest BCUT2D eigenvalue weighted by Gasteiger charge is 2.49. The van der Waals surface area contributed by atoms with Crippen LogP contribution in [-0.4, -0.2) is 21.0 Å². The van der Waals surface area contributed by atoms with E-state index in [9.17, 15) is 8.42 Å². The molecule has 1 heterocycles. The van der Waals surface area contributed by atoms with Gasteiger partial charge in [-0.2, -0.15) is 0 Å². The summed E-state index contributed by atoms with van der Waals surface area (Å²) in [5.74, 6) is 0. The third-order valence-corrected chi connectivity index (χ3v) is 7.89. The summed E-state index contributed by atoms with van der Waals surface area (Å²) in [5, 5.41) is 4.79. The molecule has 148 valence electrons. The number of nitrogens with one attached hydrogen (secondary N) is 2. The molecular weight excluding hydrogens is 415 g/mol. The molecular formula is C21H22Cl2N2O2S. The molecule has 1 aliphatic heterocycles. The van der Waals surface area contributed by atoms with Crippen LogP contribution in [0, 0.1) is 0 Å². The van der Waals surface area contributed by atoms with Crippen molar-refractivity contribution < 1.29 is 8.42 Å². The average molecular weight is 437 g/mol. The Bertz CT molecular complexity index is 1020. The van der Waals surface area contributed by atoms with Crippen molar-refractivity contribution in [3.63, 3.8) is 0 Å². The fourth-order valence-corrected chi connectivity index (χ4v) is 5.90. The lowest BCUT2D eigenvalue weighted by Gasteiger charge is -2.42. The second kappa shape index (κ2) is 7.38. The predicted molar refractivity (Wildman–Crippen MR) is 115 cm³/mol. The summed E-state index contributed by atoms with van der Waals surface area (Å²) in [7, 11) is -3.60. The van der Waals surface area contributed by atoms with Gasteiger partial charge >= 0.3 is 0 Å². The van der Waals surface area contributed by atoms with Crippen LogP contribution in [0.3, 0.4) is 0 Å². The van der Waals surface area contributed by atoms with Crippen LogP contribution in [0.4, 0.5) is 5.69 Å². The molecule has 1 fully saturated rings. The summed E-state index contributed by atoms with van der Waals surface area (Å²) in [6.07, 6.45) is 3.67. The molecule has 2 aromatic carbocycles. The van der Waals surface area contributed by atoms with Crippen molar-refractivity contribution in [2.24, 2.45) is 0 Å². The van der Waals surface area contributed by atoms with Gasteiger partial charge in [0.05, 0.1) is 4.90 Å². The van der Waals surface area contributed by atoms with Gasteiger partial charge in [-0.05, 0) is 73.7 Å². The van der Waals surface area contributed by atoms with E-state index in [1.54, 1.807) is 12.1 Å². The minimum atomic E-state index is -3.60.